The Morgan fingerprint density at radius 2 is 1.55 bits per heavy atom. The number of carbonyl (C=O) groups is 2. The Bertz CT molecular complexity index is 2010. The van der Waals surface area contributed by atoms with E-state index in [2.05, 4.69) is 44.3 Å². The number of hydrogen-bond acceptors (Lipinski definition) is 9. The van der Waals surface area contributed by atoms with Gasteiger partial charge in [0.05, 0.1) is 31.1 Å². The number of pyridine rings is 3. The van der Waals surface area contributed by atoms with E-state index in [4.69, 9.17) is 44.6 Å². The van der Waals surface area contributed by atoms with Crippen molar-refractivity contribution in [3.05, 3.63) is 123 Å². The highest BCUT2D eigenvalue weighted by Gasteiger charge is 2.33. The van der Waals surface area contributed by atoms with Crippen molar-refractivity contribution in [1.82, 2.24) is 30.2 Å². The minimum atomic E-state index is -0.688. The third-order valence-corrected chi connectivity index (χ3v) is 9.23. The van der Waals surface area contributed by atoms with Crippen molar-refractivity contribution in [2.24, 2.45) is 13.0 Å². The molecule has 0 aliphatic heterocycles. The number of fused-ring (bicyclic) bond motifs is 1. The molecule has 0 bridgehead atoms. The second kappa shape index (κ2) is 21.5. The van der Waals surface area contributed by atoms with Gasteiger partial charge in [0.25, 0.3) is 5.91 Å². The molecule has 1 unspecified atom stereocenters. The number of nitrogens with zero attached hydrogens (tertiary/aromatic N) is 5. The fourth-order valence-corrected chi connectivity index (χ4v) is 6.50. The van der Waals surface area contributed by atoms with Gasteiger partial charge in [-0.15, -0.1) is 0 Å². The number of para-hydroxylation sites is 1. The van der Waals surface area contributed by atoms with Crippen LogP contribution in [0.1, 0.15) is 52.9 Å². The van der Waals surface area contributed by atoms with E-state index in [-0.39, 0.29) is 30.4 Å². The Kier molecular flexibility index (Phi) is 16.8. The summed E-state index contributed by atoms with van der Waals surface area (Å²) in [6.45, 7) is 0.550. The number of ether oxygens (including phenoxy) is 1. The standard InChI is InChI=1S/C25H26ClN5O2.C7H8ClNOS.C6H6ClNO/c1-31-21-9-5-2-6-17(21)14-22(31)25(33)30-20-8-4-3-7-19(20)24(32)29-18(15-27)12-16-10-11-28-23(26)13-16;8-7-3-6(1-2-9-7)4-10-5-11;7-6-3-5(4-9)1-2-8-6/h2,5-6,9-11,13-14,18-20H,3-4,7-8,12H2,1H3,(H,29,32)(H,30,33);1-3,11H,4-5H2;1-3,9H,4H2/t18?,19-,20+;;/m1../s1. The number of halogens is 3. The van der Waals surface area contributed by atoms with Crippen LogP contribution in [0.2, 0.25) is 15.5 Å². The summed E-state index contributed by atoms with van der Waals surface area (Å²) in [6.07, 6.45) is 8.39. The number of nitrogens with one attached hydrogen (secondary N) is 2. The van der Waals surface area contributed by atoms with Gasteiger partial charge in [0.2, 0.25) is 5.91 Å². The molecule has 278 valence electrons. The molecule has 3 atom stereocenters. The Labute approximate surface area is 329 Å². The highest BCUT2D eigenvalue weighted by atomic mass is 35.5. The molecule has 1 aliphatic carbocycles. The number of thiol groups is 1. The zero-order valence-corrected chi connectivity index (χ0v) is 32.1. The highest BCUT2D eigenvalue weighted by Crippen LogP contribution is 2.26. The lowest BCUT2D eigenvalue weighted by atomic mass is 9.83. The summed E-state index contributed by atoms with van der Waals surface area (Å²) in [7, 11) is 1.87. The molecule has 3 N–H and O–H groups in total. The molecular formula is C38H40Cl3N7O4S. The summed E-state index contributed by atoms with van der Waals surface area (Å²) < 4.78 is 6.92. The topological polar surface area (TPSA) is 155 Å². The van der Waals surface area contributed by atoms with E-state index in [0.717, 1.165) is 46.9 Å². The molecule has 1 aromatic carbocycles. The van der Waals surface area contributed by atoms with Gasteiger partial charge in [-0.3, -0.25) is 9.59 Å². The lowest BCUT2D eigenvalue weighted by Crippen LogP contribution is -2.50. The van der Waals surface area contributed by atoms with Crippen LogP contribution in [-0.4, -0.2) is 54.5 Å². The van der Waals surface area contributed by atoms with Crippen molar-refractivity contribution in [2.45, 2.75) is 57.4 Å². The average Bonchev–Trinajstić information content (AvgIpc) is 3.50. The van der Waals surface area contributed by atoms with Crippen LogP contribution >= 0.6 is 47.4 Å². The van der Waals surface area contributed by atoms with E-state index < -0.39 is 6.04 Å². The van der Waals surface area contributed by atoms with Gasteiger partial charge in [-0.1, -0.05) is 65.8 Å². The first-order valence-electron chi connectivity index (χ1n) is 16.8. The summed E-state index contributed by atoms with van der Waals surface area (Å²) in [5.41, 5.74) is 4.17. The largest absolute Gasteiger partial charge is 0.392 e. The second-order valence-corrected chi connectivity index (χ2v) is 13.5. The number of carbonyl (C=O) groups excluding carboxylic acids is 2. The van der Waals surface area contributed by atoms with Gasteiger partial charge in [-0.25, -0.2) is 15.0 Å². The molecule has 53 heavy (non-hydrogen) atoms. The van der Waals surface area contributed by atoms with Crippen LogP contribution < -0.4 is 10.6 Å². The first-order valence-corrected chi connectivity index (χ1v) is 18.5. The predicted octanol–water partition coefficient (Wildman–Crippen LogP) is 7.13. The third-order valence-electron chi connectivity index (χ3n) is 8.43. The molecule has 11 nitrogen and oxygen atoms in total. The van der Waals surface area contributed by atoms with Gasteiger partial charge in [-0.05, 0) is 78.1 Å². The molecule has 15 heteroatoms. The van der Waals surface area contributed by atoms with E-state index in [1.165, 1.54) is 0 Å². The summed E-state index contributed by atoms with van der Waals surface area (Å²) >= 11 is 21.0. The Hall–Kier alpha value is -4.22. The monoisotopic (exact) mass is 795 g/mol. The van der Waals surface area contributed by atoms with E-state index in [1.54, 1.807) is 48.9 Å². The van der Waals surface area contributed by atoms with Crippen LogP contribution in [-0.2, 0) is 36.2 Å². The maximum Gasteiger partial charge on any atom is 0.268 e. The Balaban J connectivity index is 0.000000254. The molecule has 6 rings (SSSR count). The average molecular weight is 797 g/mol. The van der Waals surface area contributed by atoms with Crippen LogP contribution in [0.4, 0.5) is 0 Å². The SMILES string of the molecule is Cn1c(C(=O)N[C@H]2CCCC[C@H]2C(=O)NC(C#N)Cc2ccnc(Cl)c2)cc2ccccc21.OCc1ccnc(Cl)c1.SCOCc1ccnc(Cl)c1. The number of aryl methyl sites for hydroxylation is 1. The van der Waals surface area contributed by atoms with Crippen molar-refractivity contribution < 1.29 is 19.4 Å². The van der Waals surface area contributed by atoms with E-state index in [1.807, 2.05) is 48.0 Å². The van der Waals surface area contributed by atoms with Crippen LogP contribution in [0, 0.1) is 17.2 Å². The smallest absolute Gasteiger partial charge is 0.268 e. The number of nitriles is 1. The van der Waals surface area contributed by atoms with Crippen molar-refractivity contribution >= 4 is 70.1 Å². The molecule has 2 amide bonds. The van der Waals surface area contributed by atoms with E-state index in [0.29, 0.717) is 46.5 Å². The number of hydrogen-bond donors (Lipinski definition) is 4. The minimum Gasteiger partial charge on any atom is -0.392 e. The molecule has 1 fully saturated rings. The molecule has 4 aromatic heterocycles. The molecule has 1 aliphatic rings. The van der Waals surface area contributed by atoms with Crippen molar-refractivity contribution in [3.63, 3.8) is 0 Å². The van der Waals surface area contributed by atoms with Gasteiger partial charge < -0.3 is 25.0 Å². The predicted molar refractivity (Wildman–Crippen MR) is 210 cm³/mol. The van der Waals surface area contributed by atoms with Crippen LogP contribution in [0.3, 0.4) is 0 Å². The highest BCUT2D eigenvalue weighted by molar-refractivity contribution is 7.80. The molecule has 0 saturated heterocycles. The van der Waals surface area contributed by atoms with Crippen LogP contribution in [0.15, 0.2) is 85.3 Å². The lowest BCUT2D eigenvalue weighted by Gasteiger charge is -2.31. The number of aliphatic hydroxyl groups excluding tert-OH is 1. The van der Waals surface area contributed by atoms with Gasteiger partial charge in [0.15, 0.2) is 0 Å². The fourth-order valence-electron chi connectivity index (χ4n) is 5.82. The molecule has 5 aromatic rings. The van der Waals surface area contributed by atoms with Crippen molar-refractivity contribution in [2.75, 3.05) is 5.94 Å². The second-order valence-electron chi connectivity index (χ2n) is 12.1. The maximum atomic E-state index is 13.1. The summed E-state index contributed by atoms with van der Waals surface area (Å²) in [5, 5.41) is 26.4. The fraction of sp³-hybridized carbons (Fsp3) is 0.316. The van der Waals surface area contributed by atoms with Gasteiger partial charge in [-0.2, -0.15) is 17.9 Å². The zero-order valence-electron chi connectivity index (χ0n) is 29.0. The van der Waals surface area contributed by atoms with Crippen molar-refractivity contribution in [1.29, 1.82) is 5.26 Å². The van der Waals surface area contributed by atoms with Crippen molar-refractivity contribution in [3.8, 4) is 6.07 Å². The molecular weight excluding hydrogens is 757 g/mol. The quantitative estimate of drug-likeness (QED) is 0.0661. The Morgan fingerprint density at radius 3 is 2.15 bits per heavy atom. The molecule has 0 spiro atoms. The third kappa shape index (κ3) is 13.0. The summed E-state index contributed by atoms with van der Waals surface area (Å²) in [4.78, 5) is 37.7. The van der Waals surface area contributed by atoms with Crippen LogP contribution in [0.25, 0.3) is 10.9 Å². The number of amides is 2. The lowest BCUT2D eigenvalue weighted by molar-refractivity contribution is -0.127. The number of rotatable bonds is 10. The summed E-state index contributed by atoms with van der Waals surface area (Å²) in [6, 6.07) is 21.3. The normalized spacial score (nSPS) is 15.5. The Morgan fingerprint density at radius 1 is 0.943 bits per heavy atom. The molecule has 4 heterocycles. The number of aliphatic hydroxyl groups is 1. The molecule has 0 radical (unpaired) electrons. The minimum absolute atomic E-state index is 0.0161. The first-order chi connectivity index (χ1) is 25.6. The maximum absolute atomic E-state index is 13.1. The van der Waals surface area contributed by atoms with E-state index >= 15 is 0 Å². The van der Waals surface area contributed by atoms with Crippen LogP contribution in [0.5, 0.6) is 0 Å². The number of aromatic nitrogens is 4. The van der Waals surface area contributed by atoms with Gasteiger partial charge in [0, 0.05) is 49.0 Å². The zero-order chi connectivity index (χ0) is 38.2. The van der Waals surface area contributed by atoms with Gasteiger partial charge in [0.1, 0.15) is 27.2 Å². The summed E-state index contributed by atoms with van der Waals surface area (Å²) in [5.74, 6) is -0.361. The molecule has 1 saturated carbocycles. The van der Waals surface area contributed by atoms with E-state index in [9.17, 15) is 14.9 Å². The van der Waals surface area contributed by atoms with Gasteiger partial charge >= 0.3 is 0 Å². The first kappa shape index (κ1) is 41.5. The number of benzene rings is 1.